The van der Waals surface area contributed by atoms with Gasteiger partial charge in [0.25, 0.3) is 0 Å². The molecule has 1 saturated carbocycles. The van der Waals surface area contributed by atoms with Gasteiger partial charge in [0, 0.05) is 24.0 Å². The lowest BCUT2D eigenvalue weighted by atomic mass is 9.68. The number of anilines is 1. The molecule has 1 fully saturated rings. The van der Waals surface area contributed by atoms with Gasteiger partial charge in [-0.25, -0.2) is 0 Å². The molecule has 3 nitrogen and oxygen atoms in total. The molecular formula is C28H27NO2. The van der Waals surface area contributed by atoms with Gasteiger partial charge in [-0.1, -0.05) is 55.0 Å². The molecule has 0 N–H and O–H groups in total. The molecule has 0 radical (unpaired) electrons. The van der Waals surface area contributed by atoms with Gasteiger partial charge in [0.1, 0.15) is 11.5 Å². The summed E-state index contributed by atoms with van der Waals surface area (Å²) in [5.74, 6) is 2.62. The third-order valence-electron chi connectivity index (χ3n) is 7.23. The summed E-state index contributed by atoms with van der Waals surface area (Å²) in [5.41, 5.74) is 4.67. The van der Waals surface area contributed by atoms with Crippen LogP contribution in [-0.2, 0) is 0 Å². The Balaban J connectivity index is 1.58. The zero-order valence-corrected chi connectivity index (χ0v) is 17.8. The Kier molecular flexibility index (Phi) is 4.31. The lowest BCUT2D eigenvalue weighted by Crippen LogP contribution is -2.59. The number of hydrogen-bond acceptors (Lipinski definition) is 3. The number of nitrogens with zero attached hydrogens (tertiary/aromatic N) is 1. The highest BCUT2D eigenvalue weighted by molar-refractivity contribution is 5.87. The molecule has 1 aliphatic carbocycles. The topological polar surface area (TPSA) is 21.7 Å². The van der Waals surface area contributed by atoms with Crippen molar-refractivity contribution in [3.63, 3.8) is 0 Å². The fraction of sp³-hybridized carbons (Fsp3) is 0.286. The molecule has 1 spiro atoms. The van der Waals surface area contributed by atoms with Crippen molar-refractivity contribution in [2.75, 3.05) is 12.0 Å². The molecule has 3 aliphatic rings. The van der Waals surface area contributed by atoms with Crippen molar-refractivity contribution < 1.29 is 9.47 Å². The van der Waals surface area contributed by atoms with Crippen LogP contribution in [0.2, 0.25) is 0 Å². The summed E-state index contributed by atoms with van der Waals surface area (Å²) >= 11 is 0. The summed E-state index contributed by atoms with van der Waals surface area (Å²) in [4.78, 5) is 2.51. The van der Waals surface area contributed by atoms with E-state index in [-0.39, 0.29) is 5.72 Å². The second-order valence-electron chi connectivity index (χ2n) is 8.82. The SMILES string of the molecule is COc1ccc(C2=C[C@H](c3ccccc3)[C@H]3CCCC[C@]34Oc3ccccc3N24)cc1. The van der Waals surface area contributed by atoms with E-state index in [1.165, 1.54) is 41.8 Å². The zero-order valence-electron chi connectivity index (χ0n) is 17.8. The molecule has 6 rings (SSSR count). The fourth-order valence-electron chi connectivity index (χ4n) is 5.87. The van der Waals surface area contributed by atoms with E-state index in [4.69, 9.17) is 9.47 Å². The largest absolute Gasteiger partial charge is 0.497 e. The summed E-state index contributed by atoms with van der Waals surface area (Å²) in [5, 5.41) is 0. The van der Waals surface area contributed by atoms with Crippen LogP contribution in [0.15, 0.2) is 84.9 Å². The second kappa shape index (κ2) is 7.19. The molecule has 3 heteroatoms. The average molecular weight is 410 g/mol. The third kappa shape index (κ3) is 2.79. The summed E-state index contributed by atoms with van der Waals surface area (Å²) in [6, 6.07) is 27.9. The van der Waals surface area contributed by atoms with E-state index in [0.717, 1.165) is 17.9 Å². The highest BCUT2D eigenvalue weighted by Crippen LogP contribution is 2.59. The van der Waals surface area contributed by atoms with Crippen LogP contribution in [-0.4, -0.2) is 12.8 Å². The molecule has 0 amide bonds. The van der Waals surface area contributed by atoms with Crippen molar-refractivity contribution >= 4 is 11.4 Å². The van der Waals surface area contributed by atoms with Crippen LogP contribution in [0.1, 0.15) is 42.7 Å². The highest BCUT2D eigenvalue weighted by Gasteiger charge is 2.58. The maximum atomic E-state index is 6.91. The van der Waals surface area contributed by atoms with Crippen LogP contribution in [0.3, 0.4) is 0 Å². The highest BCUT2D eigenvalue weighted by atomic mass is 16.5. The van der Waals surface area contributed by atoms with Gasteiger partial charge in [-0.2, -0.15) is 0 Å². The Bertz CT molecular complexity index is 1120. The molecule has 0 unspecified atom stereocenters. The Morgan fingerprint density at radius 1 is 0.903 bits per heavy atom. The van der Waals surface area contributed by atoms with Crippen LogP contribution >= 0.6 is 0 Å². The molecule has 3 atom stereocenters. The van der Waals surface area contributed by atoms with E-state index in [0.29, 0.717) is 11.8 Å². The summed E-state index contributed by atoms with van der Waals surface area (Å²) in [6.45, 7) is 0. The number of allylic oxidation sites excluding steroid dienone is 1. The minimum atomic E-state index is -0.327. The number of ether oxygens (including phenoxy) is 2. The molecule has 0 bridgehead atoms. The van der Waals surface area contributed by atoms with Crippen molar-refractivity contribution in [2.45, 2.75) is 37.3 Å². The summed E-state index contributed by atoms with van der Waals surface area (Å²) in [6.07, 6.45) is 7.16. The molecule has 3 aromatic rings. The van der Waals surface area contributed by atoms with E-state index in [1.54, 1.807) is 7.11 Å². The van der Waals surface area contributed by atoms with Crippen LogP contribution in [0.4, 0.5) is 5.69 Å². The van der Waals surface area contributed by atoms with Crippen molar-refractivity contribution in [3.05, 3.63) is 96.1 Å². The van der Waals surface area contributed by atoms with E-state index in [2.05, 4.69) is 89.8 Å². The lowest BCUT2D eigenvalue weighted by molar-refractivity contribution is -0.0119. The maximum absolute atomic E-state index is 6.91. The van der Waals surface area contributed by atoms with Gasteiger partial charge >= 0.3 is 0 Å². The van der Waals surface area contributed by atoms with E-state index in [1.807, 2.05) is 0 Å². The zero-order chi connectivity index (χ0) is 20.8. The van der Waals surface area contributed by atoms with Crippen molar-refractivity contribution in [1.82, 2.24) is 0 Å². The number of hydrogen-bond donors (Lipinski definition) is 0. The standard InChI is InChI=1S/C28H27NO2/c1-30-22-16-14-21(15-17-22)26-19-23(20-9-3-2-4-10-20)24-11-7-8-18-28(24)29(26)25-12-5-6-13-27(25)31-28/h2-6,9-10,12-17,19,23-24H,7-8,11,18H2,1H3/t23-,24-,28+/m1/s1. The predicted molar refractivity (Wildman–Crippen MR) is 124 cm³/mol. The minimum absolute atomic E-state index is 0.323. The van der Waals surface area contributed by atoms with Crippen LogP contribution < -0.4 is 14.4 Å². The number of fused-ring (bicyclic) bond motifs is 2. The molecule has 156 valence electrons. The van der Waals surface area contributed by atoms with Gasteiger partial charge in [0.15, 0.2) is 5.72 Å². The fourth-order valence-corrected chi connectivity index (χ4v) is 5.87. The second-order valence-corrected chi connectivity index (χ2v) is 8.82. The van der Waals surface area contributed by atoms with E-state index >= 15 is 0 Å². The van der Waals surface area contributed by atoms with Crippen LogP contribution in [0.25, 0.3) is 5.70 Å². The normalized spacial score (nSPS) is 26.2. The Labute approximate surface area is 183 Å². The summed E-state index contributed by atoms with van der Waals surface area (Å²) in [7, 11) is 1.71. The first-order valence-corrected chi connectivity index (χ1v) is 11.3. The third-order valence-corrected chi connectivity index (χ3v) is 7.23. The molecule has 2 aliphatic heterocycles. The summed E-state index contributed by atoms with van der Waals surface area (Å²) < 4.78 is 12.3. The Morgan fingerprint density at radius 2 is 1.68 bits per heavy atom. The molecule has 0 aromatic heterocycles. The van der Waals surface area contributed by atoms with Crippen molar-refractivity contribution in [2.24, 2.45) is 5.92 Å². The number of rotatable bonds is 3. The van der Waals surface area contributed by atoms with Crippen molar-refractivity contribution in [1.29, 1.82) is 0 Å². The van der Waals surface area contributed by atoms with Gasteiger partial charge in [0.2, 0.25) is 0 Å². The maximum Gasteiger partial charge on any atom is 0.191 e. The van der Waals surface area contributed by atoms with E-state index in [9.17, 15) is 0 Å². The Morgan fingerprint density at radius 3 is 2.48 bits per heavy atom. The van der Waals surface area contributed by atoms with Gasteiger partial charge in [-0.05, 0) is 60.4 Å². The predicted octanol–water partition coefficient (Wildman–Crippen LogP) is 6.62. The number of methoxy groups -OCH3 is 1. The molecule has 0 saturated heterocycles. The molecule has 31 heavy (non-hydrogen) atoms. The number of benzene rings is 3. The molecule has 3 aromatic carbocycles. The van der Waals surface area contributed by atoms with Gasteiger partial charge in [-0.3, -0.25) is 4.90 Å². The first-order chi connectivity index (χ1) is 15.3. The van der Waals surface area contributed by atoms with Crippen molar-refractivity contribution in [3.8, 4) is 11.5 Å². The first kappa shape index (κ1) is 18.6. The van der Waals surface area contributed by atoms with Gasteiger partial charge < -0.3 is 9.47 Å². The van der Waals surface area contributed by atoms with Gasteiger partial charge in [-0.15, -0.1) is 0 Å². The smallest absolute Gasteiger partial charge is 0.191 e. The molecular weight excluding hydrogens is 382 g/mol. The average Bonchev–Trinajstić information content (AvgIpc) is 3.17. The number of para-hydroxylation sites is 2. The Hall–Kier alpha value is -3.20. The minimum Gasteiger partial charge on any atom is -0.497 e. The lowest BCUT2D eigenvalue weighted by Gasteiger charge is -2.52. The van der Waals surface area contributed by atoms with E-state index < -0.39 is 0 Å². The van der Waals surface area contributed by atoms with Gasteiger partial charge in [0.05, 0.1) is 12.8 Å². The molecule has 2 heterocycles. The quantitative estimate of drug-likeness (QED) is 0.485. The van der Waals surface area contributed by atoms with Crippen LogP contribution in [0.5, 0.6) is 11.5 Å². The first-order valence-electron chi connectivity index (χ1n) is 11.3. The monoisotopic (exact) mass is 409 g/mol. The van der Waals surface area contributed by atoms with Crippen LogP contribution in [0, 0.1) is 5.92 Å².